The van der Waals surface area contributed by atoms with Gasteiger partial charge in [0.25, 0.3) is 0 Å². The fourth-order valence-electron chi connectivity index (χ4n) is 1.94. The first-order valence-electron chi connectivity index (χ1n) is 6.28. The van der Waals surface area contributed by atoms with Crippen LogP contribution < -0.4 is 5.32 Å². The van der Waals surface area contributed by atoms with Crippen molar-refractivity contribution in [1.29, 1.82) is 0 Å². The number of anilines is 1. The Kier molecular flexibility index (Phi) is 4.37. The van der Waals surface area contributed by atoms with E-state index in [0.29, 0.717) is 28.9 Å². The Labute approximate surface area is 122 Å². The van der Waals surface area contributed by atoms with E-state index in [4.69, 9.17) is 0 Å². The van der Waals surface area contributed by atoms with Gasteiger partial charge in [0, 0.05) is 41.5 Å². The van der Waals surface area contributed by atoms with Crippen molar-refractivity contribution in [3.8, 4) is 0 Å². The predicted octanol–water partition coefficient (Wildman–Crippen LogP) is 2.28. The number of hydrogen-bond acceptors (Lipinski definition) is 6. The van der Waals surface area contributed by atoms with E-state index >= 15 is 0 Å². The van der Waals surface area contributed by atoms with E-state index in [1.165, 1.54) is 7.05 Å². The molecule has 0 amide bonds. The highest BCUT2D eigenvalue weighted by atomic mass is 32.2. The van der Waals surface area contributed by atoms with Crippen LogP contribution >= 0.6 is 0 Å². The second kappa shape index (κ2) is 6.04. The van der Waals surface area contributed by atoms with Crippen molar-refractivity contribution in [2.45, 2.75) is 0 Å². The summed E-state index contributed by atoms with van der Waals surface area (Å²) in [6, 6.07) is 6.66. The number of hydrogen-bond donors (Lipinski definition) is 1. The largest absolute Gasteiger partial charge is 0.379 e. The Bertz CT molecular complexity index is 797. The molecule has 21 heavy (non-hydrogen) atoms. The first-order valence-corrected chi connectivity index (χ1v) is 8.38. The van der Waals surface area contributed by atoms with E-state index in [1.807, 2.05) is 0 Å². The highest BCUT2D eigenvalue weighted by Crippen LogP contribution is 2.32. The molecule has 0 fully saturated rings. The molecule has 2 aromatic rings. The number of fused-ring (bicyclic) bond motifs is 1. The molecule has 1 N–H and O–H groups in total. The lowest BCUT2D eigenvalue weighted by atomic mass is 10.1. The number of rotatable bonds is 5. The highest BCUT2D eigenvalue weighted by molar-refractivity contribution is 7.92. The number of nitro groups is 1. The maximum atomic E-state index is 11.8. The predicted molar refractivity (Wildman–Crippen MR) is 84.2 cm³/mol. The Hall–Kier alpha value is -2.22. The molecule has 0 saturated heterocycles. The third kappa shape index (κ3) is 3.46. The topological polar surface area (TPSA) is 97.5 Å². The molecule has 0 aliphatic rings. The van der Waals surface area contributed by atoms with Gasteiger partial charge in [-0.2, -0.15) is 0 Å². The lowest BCUT2D eigenvalue weighted by Crippen LogP contribution is -2.14. The molecule has 0 aliphatic heterocycles. The van der Waals surface area contributed by atoms with Gasteiger partial charge in [0.2, 0.25) is 0 Å². The number of nitro benzene ring substituents is 1. The Morgan fingerprint density at radius 2 is 2.19 bits per heavy atom. The maximum Gasteiger partial charge on any atom is 0.301 e. The van der Waals surface area contributed by atoms with Crippen LogP contribution in [0.25, 0.3) is 10.9 Å². The minimum Gasteiger partial charge on any atom is -0.379 e. The number of nitrogens with zero attached hydrogens (tertiary/aromatic N) is 3. The van der Waals surface area contributed by atoms with Crippen molar-refractivity contribution in [3.05, 3.63) is 40.6 Å². The normalized spacial score (nSPS) is 13.6. The molecule has 1 aromatic carbocycles. The van der Waals surface area contributed by atoms with Crippen LogP contribution in [-0.4, -0.2) is 39.7 Å². The summed E-state index contributed by atoms with van der Waals surface area (Å²) >= 11 is 0. The van der Waals surface area contributed by atoms with Gasteiger partial charge in [-0.3, -0.25) is 15.1 Å². The molecule has 1 heterocycles. The number of aromatic nitrogens is 1. The lowest BCUT2D eigenvalue weighted by molar-refractivity contribution is -0.382. The van der Waals surface area contributed by atoms with Crippen molar-refractivity contribution in [1.82, 2.24) is 4.98 Å². The number of nitrogens with one attached hydrogen (secondary N) is 1. The number of pyridine rings is 1. The van der Waals surface area contributed by atoms with Gasteiger partial charge in [-0.25, -0.2) is 8.57 Å². The zero-order valence-corrected chi connectivity index (χ0v) is 12.6. The van der Waals surface area contributed by atoms with Crippen LogP contribution in [0.15, 0.2) is 34.8 Å². The molecule has 1 aromatic heterocycles. The van der Waals surface area contributed by atoms with Gasteiger partial charge >= 0.3 is 5.69 Å². The van der Waals surface area contributed by atoms with Crippen molar-refractivity contribution in [2.75, 3.05) is 30.9 Å². The van der Waals surface area contributed by atoms with E-state index < -0.39 is 14.7 Å². The van der Waals surface area contributed by atoms with Gasteiger partial charge in [0.15, 0.2) is 0 Å². The van der Waals surface area contributed by atoms with Crippen LogP contribution in [0.4, 0.5) is 11.4 Å². The summed E-state index contributed by atoms with van der Waals surface area (Å²) in [4.78, 5) is 15.0. The lowest BCUT2D eigenvalue weighted by Gasteiger charge is -2.09. The van der Waals surface area contributed by atoms with E-state index in [2.05, 4.69) is 14.7 Å². The molecular formula is C13H16N4O3S. The first-order chi connectivity index (χ1) is 9.94. The van der Waals surface area contributed by atoms with Gasteiger partial charge in [-0.05, 0) is 24.3 Å². The summed E-state index contributed by atoms with van der Waals surface area (Å²) in [5.41, 5.74) is 0.945. The van der Waals surface area contributed by atoms with E-state index in [-0.39, 0.29) is 5.69 Å². The monoisotopic (exact) mass is 308 g/mol. The highest BCUT2D eigenvalue weighted by Gasteiger charge is 2.18. The second-order valence-corrected chi connectivity index (χ2v) is 7.25. The fraction of sp³-hybridized carbons (Fsp3) is 0.308. The van der Waals surface area contributed by atoms with Crippen LogP contribution in [0.3, 0.4) is 0 Å². The minimum absolute atomic E-state index is 0.0170. The zero-order chi connectivity index (χ0) is 15.5. The fourth-order valence-corrected chi connectivity index (χ4v) is 2.61. The zero-order valence-electron chi connectivity index (χ0n) is 11.8. The van der Waals surface area contributed by atoms with Gasteiger partial charge in [-0.1, -0.05) is 0 Å². The van der Waals surface area contributed by atoms with Crippen LogP contribution in [0.2, 0.25) is 0 Å². The summed E-state index contributed by atoms with van der Waals surface area (Å²) in [6.07, 6.45) is 3.15. The molecule has 0 aliphatic carbocycles. The van der Waals surface area contributed by atoms with E-state index in [9.17, 15) is 14.3 Å². The van der Waals surface area contributed by atoms with Crippen LogP contribution in [0.5, 0.6) is 0 Å². The molecule has 7 nitrogen and oxygen atoms in total. The van der Waals surface area contributed by atoms with E-state index in [0.717, 1.165) is 0 Å². The minimum atomic E-state index is -2.23. The molecule has 1 unspecified atom stereocenters. The molecule has 112 valence electrons. The maximum absolute atomic E-state index is 11.8. The molecule has 0 saturated carbocycles. The standard InChI is InChI=1S/C13H16N4O3S/c1-14-21(2,20)9-8-16-12-6-5-11-10(4-3-7-15-11)13(12)17(18)19/h3-7,16H,8-9H2,1-2H3. The van der Waals surface area contributed by atoms with Crippen LogP contribution in [0.1, 0.15) is 0 Å². The number of benzene rings is 1. The molecular weight excluding hydrogens is 292 g/mol. The third-order valence-corrected chi connectivity index (χ3v) is 4.86. The van der Waals surface area contributed by atoms with Gasteiger partial charge < -0.3 is 5.32 Å². The summed E-state index contributed by atoms with van der Waals surface area (Å²) in [6.45, 7) is 0.347. The van der Waals surface area contributed by atoms with Gasteiger partial charge in [0.05, 0.1) is 15.8 Å². The van der Waals surface area contributed by atoms with Crippen LogP contribution in [-0.2, 0) is 9.73 Å². The quantitative estimate of drug-likeness (QED) is 0.675. The molecule has 2 rings (SSSR count). The van der Waals surface area contributed by atoms with Crippen molar-refractivity contribution in [3.63, 3.8) is 0 Å². The van der Waals surface area contributed by atoms with Gasteiger partial charge in [0.1, 0.15) is 5.69 Å². The summed E-state index contributed by atoms with van der Waals surface area (Å²) in [5.74, 6) is 0.325. The first kappa shape index (κ1) is 15.2. The van der Waals surface area contributed by atoms with Crippen molar-refractivity contribution >= 4 is 32.0 Å². The Morgan fingerprint density at radius 3 is 2.86 bits per heavy atom. The summed E-state index contributed by atoms with van der Waals surface area (Å²) in [5, 5.41) is 14.8. The third-order valence-electron chi connectivity index (χ3n) is 3.12. The Morgan fingerprint density at radius 1 is 1.43 bits per heavy atom. The van der Waals surface area contributed by atoms with Crippen LogP contribution in [0, 0.1) is 10.1 Å². The SMILES string of the molecule is CN=S(C)(=O)CCNc1ccc2ncccc2c1[N+](=O)[O-]. The Balaban J connectivity index is 2.34. The molecule has 0 radical (unpaired) electrons. The summed E-state index contributed by atoms with van der Waals surface area (Å²) < 4.78 is 15.6. The second-order valence-electron chi connectivity index (χ2n) is 4.56. The van der Waals surface area contributed by atoms with Crippen molar-refractivity contribution < 1.29 is 9.13 Å². The van der Waals surface area contributed by atoms with Gasteiger partial charge in [-0.15, -0.1) is 0 Å². The molecule has 8 heteroatoms. The molecule has 0 spiro atoms. The smallest absolute Gasteiger partial charge is 0.301 e. The van der Waals surface area contributed by atoms with Crippen molar-refractivity contribution in [2.24, 2.45) is 4.36 Å². The molecule has 0 bridgehead atoms. The average molecular weight is 308 g/mol. The summed E-state index contributed by atoms with van der Waals surface area (Å²) in [7, 11) is -0.729. The van der Waals surface area contributed by atoms with E-state index in [1.54, 1.807) is 36.7 Å². The average Bonchev–Trinajstić information content (AvgIpc) is 2.46. The molecule has 1 atom stereocenters.